The van der Waals surface area contributed by atoms with Crippen molar-refractivity contribution in [2.75, 3.05) is 19.8 Å². The third-order valence-electron chi connectivity index (χ3n) is 2.61. The second kappa shape index (κ2) is 7.70. The molecule has 0 aromatic rings. The summed E-state index contributed by atoms with van der Waals surface area (Å²) in [6, 6.07) is 0. The van der Waals surface area contributed by atoms with Crippen molar-refractivity contribution in [1.29, 1.82) is 0 Å². The van der Waals surface area contributed by atoms with E-state index in [2.05, 4.69) is 13.8 Å². The van der Waals surface area contributed by atoms with Crippen LogP contribution in [-0.2, 0) is 14.3 Å². The predicted octanol–water partition coefficient (Wildman–Crippen LogP) is 3.27. The standard InChI is InChI=1S/C14H28O3/c1-7-11(2)8-16-9-12(3)10-17-13(15)14(4,5)6/h11-12H,7-10H2,1-6H3. The van der Waals surface area contributed by atoms with Crippen molar-refractivity contribution in [3.8, 4) is 0 Å². The van der Waals surface area contributed by atoms with Crippen molar-refractivity contribution in [1.82, 2.24) is 0 Å². The number of esters is 1. The van der Waals surface area contributed by atoms with Gasteiger partial charge in [-0.05, 0) is 26.7 Å². The summed E-state index contributed by atoms with van der Waals surface area (Å²) >= 11 is 0. The Balaban J connectivity index is 3.67. The van der Waals surface area contributed by atoms with Crippen molar-refractivity contribution in [3.05, 3.63) is 0 Å². The molecule has 0 saturated carbocycles. The predicted molar refractivity (Wildman–Crippen MR) is 69.9 cm³/mol. The van der Waals surface area contributed by atoms with Crippen LogP contribution in [0.25, 0.3) is 0 Å². The molecule has 0 saturated heterocycles. The summed E-state index contributed by atoms with van der Waals surface area (Å²) in [7, 11) is 0. The summed E-state index contributed by atoms with van der Waals surface area (Å²) < 4.78 is 10.8. The van der Waals surface area contributed by atoms with Crippen LogP contribution in [0.2, 0.25) is 0 Å². The van der Waals surface area contributed by atoms with E-state index in [9.17, 15) is 4.79 Å². The van der Waals surface area contributed by atoms with Crippen LogP contribution in [0.5, 0.6) is 0 Å². The first kappa shape index (κ1) is 16.4. The molecular formula is C14H28O3. The smallest absolute Gasteiger partial charge is 0.311 e. The Kier molecular flexibility index (Phi) is 7.44. The lowest BCUT2D eigenvalue weighted by Crippen LogP contribution is -2.26. The molecule has 0 aliphatic rings. The Bertz CT molecular complexity index is 218. The van der Waals surface area contributed by atoms with Gasteiger partial charge in [-0.25, -0.2) is 0 Å². The minimum atomic E-state index is -0.419. The number of hydrogen-bond donors (Lipinski definition) is 0. The molecule has 102 valence electrons. The summed E-state index contributed by atoms with van der Waals surface area (Å²) in [5.74, 6) is 0.705. The fourth-order valence-corrected chi connectivity index (χ4v) is 1.07. The minimum Gasteiger partial charge on any atom is -0.465 e. The van der Waals surface area contributed by atoms with Crippen molar-refractivity contribution in [2.24, 2.45) is 17.3 Å². The van der Waals surface area contributed by atoms with Crippen LogP contribution >= 0.6 is 0 Å². The van der Waals surface area contributed by atoms with E-state index in [-0.39, 0.29) is 11.9 Å². The molecule has 3 nitrogen and oxygen atoms in total. The summed E-state index contributed by atoms with van der Waals surface area (Å²) in [5, 5.41) is 0. The molecule has 0 amide bonds. The maximum Gasteiger partial charge on any atom is 0.311 e. The third-order valence-corrected chi connectivity index (χ3v) is 2.61. The van der Waals surface area contributed by atoms with Crippen LogP contribution in [0, 0.1) is 17.3 Å². The number of hydrogen-bond acceptors (Lipinski definition) is 3. The zero-order valence-corrected chi connectivity index (χ0v) is 12.2. The zero-order chi connectivity index (χ0) is 13.5. The van der Waals surface area contributed by atoms with Crippen LogP contribution in [0.3, 0.4) is 0 Å². The van der Waals surface area contributed by atoms with Gasteiger partial charge in [-0.3, -0.25) is 4.79 Å². The topological polar surface area (TPSA) is 35.5 Å². The van der Waals surface area contributed by atoms with E-state index < -0.39 is 5.41 Å². The summed E-state index contributed by atoms with van der Waals surface area (Å²) in [6.07, 6.45) is 1.13. The van der Waals surface area contributed by atoms with Crippen molar-refractivity contribution >= 4 is 5.97 Å². The molecule has 0 heterocycles. The Morgan fingerprint density at radius 1 is 1.06 bits per heavy atom. The van der Waals surface area contributed by atoms with E-state index in [4.69, 9.17) is 9.47 Å². The Labute approximate surface area is 106 Å². The molecule has 0 aromatic carbocycles. The third kappa shape index (κ3) is 8.19. The van der Waals surface area contributed by atoms with E-state index in [0.29, 0.717) is 19.1 Å². The average Bonchev–Trinajstić information content (AvgIpc) is 2.24. The van der Waals surface area contributed by atoms with Gasteiger partial charge in [0.2, 0.25) is 0 Å². The second-order valence-corrected chi connectivity index (χ2v) is 6.00. The van der Waals surface area contributed by atoms with Gasteiger partial charge in [0.25, 0.3) is 0 Å². The van der Waals surface area contributed by atoms with Gasteiger partial charge in [-0.2, -0.15) is 0 Å². The van der Waals surface area contributed by atoms with Crippen LogP contribution in [0.1, 0.15) is 48.0 Å². The average molecular weight is 244 g/mol. The van der Waals surface area contributed by atoms with Crippen molar-refractivity contribution < 1.29 is 14.3 Å². The van der Waals surface area contributed by atoms with Crippen LogP contribution in [0.15, 0.2) is 0 Å². The van der Waals surface area contributed by atoms with Crippen molar-refractivity contribution in [2.45, 2.75) is 48.0 Å². The molecule has 0 radical (unpaired) electrons. The molecule has 2 atom stereocenters. The molecule has 0 aliphatic heterocycles. The Morgan fingerprint density at radius 2 is 1.59 bits per heavy atom. The van der Waals surface area contributed by atoms with Gasteiger partial charge < -0.3 is 9.47 Å². The molecule has 17 heavy (non-hydrogen) atoms. The zero-order valence-electron chi connectivity index (χ0n) is 12.2. The van der Waals surface area contributed by atoms with Gasteiger partial charge in [-0.1, -0.05) is 27.2 Å². The number of ether oxygens (including phenoxy) is 2. The van der Waals surface area contributed by atoms with Gasteiger partial charge in [0.15, 0.2) is 0 Å². The van der Waals surface area contributed by atoms with Crippen LogP contribution in [0.4, 0.5) is 0 Å². The number of carbonyl (C=O) groups excluding carboxylic acids is 1. The molecule has 0 aromatic heterocycles. The summed E-state index contributed by atoms with van der Waals surface area (Å²) in [5.41, 5.74) is -0.419. The lowest BCUT2D eigenvalue weighted by molar-refractivity contribution is -0.154. The molecule has 0 N–H and O–H groups in total. The molecule has 0 aliphatic carbocycles. The fraction of sp³-hybridized carbons (Fsp3) is 0.929. The maximum absolute atomic E-state index is 11.5. The molecule has 2 unspecified atom stereocenters. The molecule has 0 fully saturated rings. The number of rotatable bonds is 7. The molecule has 0 bridgehead atoms. The highest BCUT2D eigenvalue weighted by Crippen LogP contribution is 2.15. The van der Waals surface area contributed by atoms with Crippen molar-refractivity contribution in [3.63, 3.8) is 0 Å². The second-order valence-electron chi connectivity index (χ2n) is 6.00. The van der Waals surface area contributed by atoms with E-state index in [1.54, 1.807) is 0 Å². The largest absolute Gasteiger partial charge is 0.465 e. The van der Waals surface area contributed by atoms with Gasteiger partial charge in [0, 0.05) is 12.5 Å². The van der Waals surface area contributed by atoms with E-state index in [1.165, 1.54) is 0 Å². The van der Waals surface area contributed by atoms with E-state index in [1.807, 2.05) is 27.7 Å². The highest BCUT2D eigenvalue weighted by Gasteiger charge is 2.23. The lowest BCUT2D eigenvalue weighted by Gasteiger charge is -2.19. The van der Waals surface area contributed by atoms with Crippen LogP contribution < -0.4 is 0 Å². The fourth-order valence-electron chi connectivity index (χ4n) is 1.07. The highest BCUT2D eigenvalue weighted by molar-refractivity contribution is 5.75. The first-order valence-electron chi connectivity index (χ1n) is 6.52. The van der Waals surface area contributed by atoms with E-state index >= 15 is 0 Å². The first-order valence-corrected chi connectivity index (χ1v) is 6.52. The maximum atomic E-state index is 11.5. The molecule has 3 heteroatoms. The molecular weight excluding hydrogens is 216 g/mol. The highest BCUT2D eigenvalue weighted by atomic mass is 16.5. The molecule has 0 rings (SSSR count). The van der Waals surface area contributed by atoms with Gasteiger partial charge in [-0.15, -0.1) is 0 Å². The van der Waals surface area contributed by atoms with Gasteiger partial charge in [0.1, 0.15) is 0 Å². The van der Waals surface area contributed by atoms with E-state index in [0.717, 1.165) is 13.0 Å². The Morgan fingerprint density at radius 3 is 2.06 bits per heavy atom. The SMILES string of the molecule is CCC(C)COCC(C)COC(=O)C(C)(C)C. The monoisotopic (exact) mass is 244 g/mol. The quantitative estimate of drug-likeness (QED) is 0.645. The normalized spacial score (nSPS) is 15.4. The summed E-state index contributed by atoms with van der Waals surface area (Å²) in [6.45, 7) is 13.8. The Hall–Kier alpha value is -0.570. The van der Waals surface area contributed by atoms with Crippen LogP contribution in [-0.4, -0.2) is 25.8 Å². The number of carbonyl (C=O) groups is 1. The minimum absolute atomic E-state index is 0.147. The summed E-state index contributed by atoms with van der Waals surface area (Å²) in [4.78, 5) is 11.5. The molecule has 0 spiro atoms. The lowest BCUT2D eigenvalue weighted by atomic mass is 9.97. The van der Waals surface area contributed by atoms with Gasteiger partial charge in [0.05, 0.1) is 18.6 Å². The first-order chi connectivity index (χ1) is 7.77. The van der Waals surface area contributed by atoms with Gasteiger partial charge >= 0.3 is 5.97 Å².